The first-order valence-corrected chi connectivity index (χ1v) is 2.68. The minimum atomic E-state index is 0.732. The standard InChI is InChI=1S/C6H8S/c1-3-6(2)4-5-7/h1,4,7H,5H2,2H3/b6-4-. The largest absolute Gasteiger partial charge is 0.175 e. The van der Waals surface area contributed by atoms with Gasteiger partial charge in [0.05, 0.1) is 0 Å². The molecular formula is C6H8S. The Morgan fingerprint density at radius 2 is 2.57 bits per heavy atom. The first-order valence-electron chi connectivity index (χ1n) is 2.05. The summed E-state index contributed by atoms with van der Waals surface area (Å²) in [7, 11) is 0. The van der Waals surface area contributed by atoms with Gasteiger partial charge in [-0.2, -0.15) is 12.6 Å². The van der Waals surface area contributed by atoms with Crippen LogP contribution in [-0.4, -0.2) is 5.75 Å². The number of terminal acetylenes is 1. The summed E-state index contributed by atoms with van der Waals surface area (Å²) in [6.07, 6.45) is 6.90. The van der Waals surface area contributed by atoms with E-state index in [2.05, 4.69) is 18.5 Å². The minimum Gasteiger partial charge on any atom is -0.175 e. The van der Waals surface area contributed by atoms with Crippen LogP contribution in [0.5, 0.6) is 0 Å². The van der Waals surface area contributed by atoms with Crippen LogP contribution in [0.25, 0.3) is 0 Å². The van der Waals surface area contributed by atoms with Crippen LogP contribution in [0.1, 0.15) is 6.92 Å². The molecule has 0 aliphatic heterocycles. The van der Waals surface area contributed by atoms with E-state index >= 15 is 0 Å². The number of hydrogen-bond donors (Lipinski definition) is 1. The minimum absolute atomic E-state index is 0.732. The van der Waals surface area contributed by atoms with Crippen molar-refractivity contribution >= 4 is 12.6 Å². The Labute approximate surface area is 50.0 Å². The predicted octanol–water partition coefficient (Wildman–Crippen LogP) is 1.50. The van der Waals surface area contributed by atoms with E-state index in [1.54, 1.807) is 0 Å². The zero-order valence-electron chi connectivity index (χ0n) is 4.31. The quantitative estimate of drug-likeness (QED) is 0.385. The molecule has 0 aromatic rings. The van der Waals surface area contributed by atoms with Gasteiger partial charge >= 0.3 is 0 Å². The van der Waals surface area contributed by atoms with Crippen LogP contribution in [-0.2, 0) is 0 Å². The smallest absolute Gasteiger partial charge is 0.00945 e. The average Bonchev–Trinajstić information content (AvgIpc) is 1.68. The van der Waals surface area contributed by atoms with Gasteiger partial charge in [-0.1, -0.05) is 12.0 Å². The lowest BCUT2D eigenvalue weighted by Crippen LogP contribution is -1.67. The van der Waals surface area contributed by atoms with Gasteiger partial charge < -0.3 is 0 Å². The highest BCUT2D eigenvalue weighted by atomic mass is 32.1. The van der Waals surface area contributed by atoms with E-state index in [1.807, 2.05) is 13.0 Å². The van der Waals surface area contributed by atoms with Crippen molar-refractivity contribution in [3.63, 3.8) is 0 Å². The molecule has 0 radical (unpaired) electrons. The van der Waals surface area contributed by atoms with E-state index in [4.69, 9.17) is 6.42 Å². The summed E-state index contributed by atoms with van der Waals surface area (Å²) in [5.41, 5.74) is 0.954. The molecule has 0 amide bonds. The molecule has 0 N–H and O–H groups in total. The van der Waals surface area contributed by atoms with Gasteiger partial charge in [-0.05, 0) is 12.5 Å². The van der Waals surface area contributed by atoms with Gasteiger partial charge in [-0.25, -0.2) is 0 Å². The van der Waals surface area contributed by atoms with Crippen molar-refractivity contribution < 1.29 is 0 Å². The Hall–Kier alpha value is -0.350. The molecule has 0 atom stereocenters. The van der Waals surface area contributed by atoms with Crippen molar-refractivity contribution in [2.45, 2.75) is 6.92 Å². The van der Waals surface area contributed by atoms with Crippen molar-refractivity contribution in [2.24, 2.45) is 0 Å². The molecule has 0 aromatic carbocycles. The van der Waals surface area contributed by atoms with Gasteiger partial charge in [0.25, 0.3) is 0 Å². The number of hydrogen-bond acceptors (Lipinski definition) is 1. The van der Waals surface area contributed by atoms with Gasteiger partial charge in [0.2, 0.25) is 0 Å². The van der Waals surface area contributed by atoms with Crippen LogP contribution in [0.3, 0.4) is 0 Å². The molecule has 0 unspecified atom stereocenters. The SMILES string of the molecule is C#C/C(C)=C\CS. The highest BCUT2D eigenvalue weighted by Gasteiger charge is 1.72. The van der Waals surface area contributed by atoms with Crippen LogP contribution in [0, 0.1) is 12.3 Å². The van der Waals surface area contributed by atoms with E-state index in [0.29, 0.717) is 0 Å². The molecule has 0 nitrogen and oxygen atoms in total. The number of rotatable bonds is 1. The molecule has 0 spiro atoms. The van der Waals surface area contributed by atoms with Crippen LogP contribution < -0.4 is 0 Å². The van der Waals surface area contributed by atoms with E-state index in [9.17, 15) is 0 Å². The fraction of sp³-hybridized carbons (Fsp3) is 0.333. The molecule has 0 aliphatic carbocycles. The zero-order chi connectivity index (χ0) is 5.70. The van der Waals surface area contributed by atoms with Crippen molar-refractivity contribution in [3.05, 3.63) is 11.6 Å². The molecular weight excluding hydrogens is 104 g/mol. The van der Waals surface area contributed by atoms with Crippen LogP contribution in [0.2, 0.25) is 0 Å². The molecule has 1 heteroatoms. The maximum absolute atomic E-state index is 5.01. The lowest BCUT2D eigenvalue weighted by Gasteiger charge is -1.79. The fourth-order valence-electron chi connectivity index (χ4n) is 0.196. The zero-order valence-corrected chi connectivity index (χ0v) is 5.20. The molecule has 0 bridgehead atoms. The summed E-state index contributed by atoms with van der Waals surface area (Å²) >= 11 is 3.94. The number of allylic oxidation sites excluding steroid dienone is 1. The molecule has 0 fully saturated rings. The highest BCUT2D eigenvalue weighted by molar-refractivity contribution is 7.80. The molecule has 0 aromatic heterocycles. The summed E-state index contributed by atoms with van der Waals surface area (Å²) in [6.45, 7) is 1.89. The summed E-state index contributed by atoms with van der Waals surface area (Å²) in [6, 6.07) is 0. The van der Waals surface area contributed by atoms with E-state index in [0.717, 1.165) is 11.3 Å². The van der Waals surface area contributed by atoms with Gasteiger partial charge in [-0.3, -0.25) is 0 Å². The highest BCUT2D eigenvalue weighted by Crippen LogP contribution is 1.87. The summed E-state index contributed by atoms with van der Waals surface area (Å²) in [5.74, 6) is 3.21. The first-order chi connectivity index (χ1) is 3.31. The maximum atomic E-state index is 5.01. The van der Waals surface area contributed by atoms with E-state index in [1.165, 1.54) is 0 Å². The van der Waals surface area contributed by atoms with Gasteiger partial charge in [-0.15, -0.1) is 6.42 Å². The second kappa shape index (κ2) is 3.83. The normalized spacial score (nSPS) is 10.7. The second-order valence-corrected chi connectivity index (χ2v) is 1.58. The van der Waals surface area contributed by atoms with Gasteiger partial charge in [0.1, 0.15) is 0 Å². The Morgan fingerprint density at radius 1 is 2.00 bits per heavy atom. The van der Waals surface area contributed by atoms with Crippen molar-refractivity contribution in [2.75, 3.05) is 5.75 Å². The van der Waals surface area contributed by atoms with Crippen LogP contribution in [0.15, 0.2) is 11.6 Å². The summed E-state index contributed by atoms with van der Waals surface area (Å²) in [4.78, 5) is 0. The monoisotopic (exact) mass is 112 g/mol. The third kappa shape index (κ3) is 3.48. The van der Waals surface area contributed by atoms with Gasteiger partial charge in [0, 0.05) is 5.75 Å². The lowest BCUT2D eigenvalue weighted by molar-refractivity contribution is 1.54. The topological polar surface area (TPSA) is 0 Å². The predicted molar refractivity (Wildman–Crippen MR) is 36.4 cm³/mol. The fourth-order valence-corrected chi connectivity index (χ4v) is 0.470. The second-order valence-electron chi connectivity index (χ2n) is 1.21. The lowest BCUT2D eigenvalue weighted by atomic mass is 10.3. The van der Waals surface area contributed by atoms with Crippen molar-refractivity contribution in [3.8, 4) is 12.3 Å². The van der Waals surface area contributed by atoms with E-state index < -0.39 is 0 Å². The van der Waals surface area contributed by atoms with Crippen molar-refractivity contribution in [1.29, 1.82) is 0 Å². The van der Waals surface area contributed by atoms with Crippen LogP contribution in [0.4, 0.5) is 0 Å². The molecule has 0 saturated heterocycles. The van der Waals surface area contributed by atoms with Crippen molar-refractivity contribution in [1.82, 2.24) is 0 Å². The molecule has 0 aliphatic rings. The van der Waals surface area contributed by atoms with Gasteiger partial charge in [0.15, 0.2) is 0 Å². The van der Waals surface area contributed by atoms with Crippen LogP contribution >= 0.6 is 12.6 Å². The molecule has 38 valence electrons. The van der Waals surface area contributed by atoms with E-state index in [-0.39, 0.29) is 0 Å². The Morgan fingerprint density at radius 3 is 2.71 bits per heavy atom. The Bertz CT molecular complexity index is 106. The first kappa shape index (κ1) is 6.65. The summed E-state index contributed by atoms with van der Waals surface area (Å²) in [5, 5.41) is 0. The average molecular weight is 112 g/mol. The molecule has 7 heavy (non-hydrogen) atoms. The molecule has 0 saturated carbocycles. The summed E-state index contributed by atoms with van der Waals surface area (Å²) < 4.78 is 0. The third-order valence-corrected chi connectivity index (χ3v) is 0.808. The Balaban J connectivity index is 3.57. The molecule has 0 rings (SSSR count). The maximum Gasteiger partial charge on any atom is 0.00945 e. The molecule has 0 heterocycles. The third-order valence-electron chi connectivity index (χ3n) is 0.625. The Kier molecular flexibility index (Phi) is 3.64. The number of thiol groups is 1.